The molecule has 3 rings (SSSR count). The molecule has 0 spiro atoms. The second-order valence-electron chi connectivity index (χ2n) is 5.33. The Morgan fingerprint density at radius 2 is 2.16 bits per heavy atom. The molecule has 3 aromatic rings. The Hall–Kier alpha value is -2.19. The third kappa shape index (κ3) is 4.26. The summed E-state index contributed by atoms with van der Waals surface area (Å²) in [5.74, 6) is 0.976. The van der Waals surface area contributed by atoms with Gasteiger partial charge in [-0.05, 0) is 43.2 Å². The van der Waals surface area contributed by atoms with E-state index in [0.29, 0.717) is 5.13 Å². The molecular weight excluding hydrogens is 356 g/mol. The molecule has 0 unspecified atom stereocenters. The van der Waals surface area contributed by atoms with Crippen LogP contribution in [-0.2, 0) is 11.2 Å². The van der Waals surface area contributed by atoms with Crippen LogP contribution in [0.1, 0.15) is 17.5 Å². The number of amides is 1. The molecule has 25 heavy (non-hydrogen) atoms. The fourth-order valence-electron chi connectivity index (χ4n) is 2.32. The number of ether oxygens (including phenoxy) is 1. The number of pyridine rings is 1. The lowest BCUT2D eigenvalue weighted by atomic mass is 10.1. The maximum atomic E-state index is 12.1. The van der Waals surface area contributed by atoms with Crippen LogP contribution >= 0.6 is 23.1 Å². The summed E-state index contributed by atoms with van der Waals surface area (Å²) in [6.45, 7) is 3.93. The zero-order valence-electron chi connectivity index (χ0n) is 14.2. The van der Waals surface area contributed by atoms with Gasteiger partial charge in [-0.15, -0.1) is 10.2 Å². The third-order valence-electron chi connectivity index (χ3n) is 3.55. The molecule has 0 radical (unpaired) electrons. The molecule has 2 aromatic heterocycles. The van der Waals surface area contributed by atoms with E-state index in [-0.39, 0.29) is 11.7 Å². The van der Waals surface area contributed by atoms with Gasteiger partial charge in [0.15, 0.2) is 0 Å². The average molecular weight is 374 g/mol. The summed E-state index contributed by atoms with van der Waals surface area (Å²) in [6, 6.07) is 7.90. The van der Waals surface area contributed by atoms with E-state index in [1.807, 2.05) is 25.1 Å². The van der Waals surface area contributed by atoms with Gasteiger partial charge in [-0.2, -0.15) is 0 Å². The number of fused-ring (bicyclic) bond motifs is 1. The van der Waals surface area contributed by atoms with Crippen molar-refractivity contribution in [2.45, 2.75) is 25.3 Å². The van der Waals surface area contributed by atoms with Gasteiger partial charge in [0, 0.05) is 5.39 Å². The largest absolute Gasteiger partial charge is 0.497 e. The van der Waals surface area contributed by atoms with Crippen LogP contribution in [0.3, 0.4) is 0 Å². The highest BCUT2D eigenvalue weighted by Gasteiger charge is 2.11. The van der Waals surface area contributed by atoms with Crippen molar-refractivity contribution in [3.8, 4) is 5.75 Å². The standard InChI is InChI=1S/C17H18N4O2S2/c1-4-11-7-12-8-13(23-3)5-6-14(12)18-16(11)24-9-15(22)19-17-21-20-10(2)25-17/h5-8H,4,9H2,1-3H3,(H,19,21,22). The fourth-order valence-corrected chi connectivity index (χ4v) is 3.82. The van der Waals surface area contributed by atoms with Gasteiger partial charge in [-0.1, -0.05) is 30.0 Å². The van der Waals surface area contributed by atoms with Crippen LogP contribution in [0.4, 0.5) is 5.13 Å². The summed E-state index contributed by atoms with van der Waals surface area (Å²) in [5, 5.41) is 13.8. The second-order valence-corrected chi connectivity index (χ2v) is 7.47. The number of hydrogen-bond donors (Lipinski definition) is 1. The van der Waals surface area contributed by atoms with Crippen molar-refractivity contribution < 1.29 is 9.53 Å². The van der Waals surface area contributed by atoms with E-state index < -0.39 is 0 Å². The van der Waals surface area contributed by atoms with Crippen LogP contribution < -0.4 is 10.1 Å². The quantitative estimate of drug-likeness (QED) is 0.663. The number of carbonyl (C=O) groups is 1. The minimum Gasteiger partial charge on any atom is -0.497 e. The molecule has 0 aliphatic rings. The van der Waals surface area contributed by atoms with E-state index in [1.54, 1.807) is 7.11 Å². The van der Waals surface area contributed by atoms with E-state index in [1.165, 1.54) is 23.1 Å². The van der Waals surface area contributed by atoms with E-state index in [2.05, 4.69) is 28.5 Å². The normalized spacial score (nSPS) is 10.8. The Morgan fingerprint density at radius 1 is 1.32 bits per heavy atom. The molecule has 1 N–H and O–H groups in total. The third-order valence-corrected chi connectivity index (χ3v) is 5.34. The minimum atomic E-state index is -0.111. The molecule has 0 bridgehead atoms. The molecule has 0 saturated heterocycles. The number of anilines is 1. The number of aryl methyl sites for hydroxylation is 2. The van der Waals surface area contributed by atoms with Crippen molar-refractivity contribution in [1.29, 1.82) is 0 Å². The summed E-state index contributed by atoms with van der Waals surface area (Å²) in [4.78, 5) is 16.8. The molecule has 8 heteroatoms. The van der Waals surface area contributed by atoms with Gasteiger partial charge in [0.25, 0.3) is 0 Å². The van der Waals surface area contributed by atoms with Gasteiger partial charge in [0.05, 0.1) is 18.4 Å². The van der Waals surface area contributed by atoms with Crippen molar-refractivity contribution in [2.75, 3.05) is 18.2 Å². The van der Waals surface area contributed by atoms with E-state index in [9.17, 15) is 4.79 Å². The van der Waals surface area contributed by atoms with Crippen LogP contribution in [0.2, 0.25) is 0 Å². The molecule has 0 atom stereocenters. The zero-order valence-corrected chi connectivity index (χ0v) is 15.8. The van der Waals surface area contributed by atoms with Gasteiger partial charge in [-0.3, -0.25) is 10.1 Å². The maximum absolute atomic E-state index is 12.1. The van der Waals surface area contributed by atoms with Gasteiger partial charge < -0.3 is 4.74 Å². The Morgan fingerprint density at radius 3 is 2.84 bits per heavy atom. The topological polar surface area (TPSA) is 77.0 Å². The molecule has 6 nitrogen and oxygen atoms in total. The van der Waals surface area contributed by atoms with Crippen molar-refractivity contribution in [3.63, 3.8) is 0 Å². The van der Waals surface area contributed by atoms with Crippen LogP contribution in [-0.4, -0.2) is 34.0 Å². The number of nitrogens with one attached hydrogen (secondary N) is 1. The Balaban J connectivity index is 1.74. The Kier molecular flexibility index (Phi) is 5.50. The number of rotatable bonds is 6. The number of carbonyl (C=O) groups excluding carboxylic acids is 1. The van der Waals surface area contributed by atoms with Gasteiger partial charge in [-0.25, -0.2) is 4.98 Å². The first kappa shape index (κ1) is 17.6. The molecule has 2 heterocycles. The number of nitrogens with zero attached hydrogens (tertiary/aromatic N) is 3. The van der Waals surface area contributed by atoms with Crippen molar-refractivity contribution in [1.82, 2.24) is 15.2 Å². The molecule has 0 fully saturated rings. The maximum Gasteiger partial charge on any atom is 0.236 e. The first-order valence-electron chi connectivity index (χ1n) is 7.79. The number of thioether (sulfide) groups is 1. The van der Waals surface area contributed by atoms with Crippen molar-refractivity contribution in [3.05, 3.63) is 34.8 Å². The summed E-state index contributed by atoms with van der Waals surface area (Å²) in [7, 11) is 1.65. The molecule has 1 amide bonds. The first-order chi connectivity index (χ1) is 12.1. The van der Waals surface area contributed by atoms with Crippen LogP contribution in [0.15, 0.2) is 29.3 Å². The number of methoxy groups -OCH3 is 1. The minimum absolute atomic E-state index is 0.111. The lowest BCUT2D eigenvalue weighted by Gasteiger charge is -2.09. The highest BCUT2D eigenvalue weighted by Crippen LogP contribution is 2.28. The lowest BCUT2D eigenvalue weighted by Crippen LogP contribution is -2.14. The zero-order chi connectivity index (χ0) is 17.8. The van der Waals surface area contributed by atoms with Gasteiger partial charge in [0.1, 0.15) is 15.8 Å². The predicted octanol–water partition coefficient (Wildman–Crippen LogP) is 3.70. The average Bonchev–Trinajstić information content (AvgIpc) is 3.03. The van der Waals surface area contributed by atoms with E-state index in [4.69, 9.17) is 9.72 Å². The molecule has 130 valence electrons. The van der Waals surface area contributed by atoms with Crippen molar-refractivity contribution >= 4 is 45.0 Å². The van der Waals surface area contributed by atoms with E-state index in [0.717, 1.165) is 38.7 Å². The summed E-state index contributed by atoms with van der Waals surface area (Å²) in [5.41, 5.74) is 2.01. The van der Waals surface area contributed by atoms with Crippen molar-refractivity contribution in [2.24, 2.45) is 0 Å². The monoisotopic (exact) mass is 374 g/mol. The molecule has 1 aromatic carbocycles. The molecule has 0 aliphatic carbocycles. The highest BCUT2D eigenvalue weighted by molar-refractivity contribution is 8.00. The van der Waals surface area contributed by atoms with E-state index >= 15 is 0 Å². The summed E-state index contributed by atoms with van der Waals surface area (Å²) in [6.07, 6.45) is 0.847. The van der Waals surface area contributed by atoms with Gasteiger partial charge >= 0.3 is 0 Å². The van der Waals surface area contributed by atoms with Crippen LogP contribution in [0.25, 0.3) is 10.9 Å². The Bertz CT molecular complexity index is 911. The number of aromatic nitrogens is 3. The fraction of sp³-hybridized carbons (Fsp3) is 0.294. The first-order valence-corrected chi connectivity index (χ1v) is 9.59. The van der Waals surface area contributed by atoms with Crippen LogP contribution in [0.5, 0.6) is 5.75 Å². The lowest BCUT2D eigenvalue weighted by molar-refractivity contribution is -0.113. The number of hydrogen-bond acceptors (Lipinski definition) is 7. The summed E-state index contributed by atoms with van der Waals surface area (Å²) < 4.78 is 5.27. The number of benzene rings is 1. The second kappa shape index (κ2) is 7.79. The highest BCUT2D eigenvalue weighted by atomic mass is 32.2. The van der Waals surface area contributed by atoms with Crippen LogP contribution in [0, 0.1) is 6.92 Å². The predicted molar refractivity (Wildman–Crippen MR) is 102 cm³/mol. The Labute approximate surface area is 154 Å². The summed E-state index contributed by atoms with van der Waals surface area (Å²) >= 11 is 2.79. The SMILES string of the molecule is CCc1cc2cc(OC)ccc2nc1SCC(=O)Nc1nnc(C)s1. The smallest absolute Gasteiger partial charge is 0.236 e. The molecular formula is C17H18N4O2S2. The van der Waals surface area contributed by atoms with Gasteiger partial charge in [0.2, 0.25) is 11.0 Å². The molecule has 0 saturated carbocycles. The molecule has 0 aliphatic heterocycles.